The molecule has 0 bridgehead atoms. The van der Waals surface area contributed by atoms with Crippen molar-refractivity contribution in [3.8, 4) is 11.5 Å². The number of carbonyl (C=O) groups is 1. The summed E-state index contributed by atoms with van der Waals surface area (Å²) < 4.78 is 11.0. The summed E-state index contributed by atoms with van der Waals surface area (Å²) in [6, 6.07) is 3.88. The van der Waals surface area contributed by atoms with E-state index in [4.69, 9.17) is 9.47 Å². The molecule has 1 aliphatic heterocycles. The molecule has 1 heterocycles. The molecule has 1 fully saturated rings. The molecule has 0 saturated heterocycles. The van der Waals surface area contributed by atoms with E-state index in [1.807, 2.05) is 12.1 Å². The van der Waals surface area contributed by atoms with Crippen LogP contribution in [0.2, 0.25) is 0 Å². The van der Waals surface area contributed by atoms with Crippen molar-refractivity contribution in [2.24, 2.45) is 0 Å². The van der Waals surface area contributed by atoms with Crippen molar-refractivity contribution in [2.75, 3.05) is 13.7 Å². The molecule has 2 aliphatic rings. The lowest BCUT2D eigenvalue weighted by Gasteiger charge is -2.34. The maximum Gasteiger partial charge on any atom is 0.314 e. The number of hydrogen-bond donors (Lipinski definition) is 1. The van der Waals surface area contributed by atoms with Gasteiger partial charge in [-0.1, -0.05) is 25.3 Å². The van der Waals surface area contributed by atoms with Gasteiger partial charge in [-0.3, -0.25) is 4.79 Å². The Bertz CT molecular complexity index is 530. The molecule has 0 radical (unpaired) electrons. The molecule has 108 valence electrons. The van der Waals surface area contributed by atoms with Crippen molar-refractivity contribution < 1.29 is 19.4 Å². The van der Waals surface area contributed by atoms with Gasteiger partial charge in [-0.2, -0.15) is 0 Å². The van der Waals surface area contributed by atoms with Crippen LogP contribution in [0.3, 0.4) is 0 Å². The monoisotopic (exact) mass is 276 g/mol. The Morgan fingerprint density at radius 2 is 2.05 bits per heavy atom. The van der Waals surface area contributed by atoms with Crippen molar-refractivity contribution in [3.63, 3.8) is 0 Å². The molecule has 4 heteroatoms. The third kappa shape index (κ3) is 1.94. The van der Waals surface area contributed by atoms with E-state index in [-0.39, 0.29) is 0 Å². The molecule has 20 heavy (non-hydrogen) atoms. The minimum absolute atomic E-state index is 0.648. The highest BCUT2D eigenvalue weighted by Crippen LogP contribution is 2.45. The number of fused-ring (bicyclic) bond motifs is 1. The van der Waals surface area contributed by atoms with Gasteiger partial charge in [0.1, 0.15) is 0 Å². The van der Waals surface area contributed by atoms with Gasteiger partial charge in [-0.05, 0) is 24.5 Å². The van der Waals surface area contributed by atoms with Crippen LogP contribution in [0.25, 0.3) is 0 Å². The maximum absolute atomic E-state index is 11.9. The first-order chi connectivity index (χ1) is 9.67. The summed E-state index contributed by atoms with van der Waals surface area (Å²) in [7, 11) is 1.61. The second-order valence-corrected chi connectivity index (χ2v) is 5.71. The fraction of sp³-hybridized carbons (Fsp3) is 0.562. The lowest BCUT2D eigenvalue weighted by Crippen LogP contribution is -2.37. The molecule has 1 aromatic rings. The minimum atomic E-state index is -0.747. The summed E-state index contributed by atoms with van der Waals surface area (Å²) in [6.45, 7) is 0.648. The first-order valence-corrected chi connectivity index (χ1v) is 7.25. The van der Waals surface area contributed by atoms with Gasteiger partial charge in [0.15, 0.2) is 11.5 Å². The quantitative estimate of drug-likeness (QED) is 0.922. The predicted octanol–water partition coefficient (Wildman–Crippen LogP) is 2.92. The van der Waals surface area contributed by atoms with Gasteiger partial charge in [-0.25, -0.2) is 0 Å². The second kappa shape index (κ2) is 5.00. The van der Waals surface area contributed by atoms with Crippen LogP contribution in [0.4, 0.5) is 0 Å². The molecule has 1 saturated carbocycles. The van der Waals surface area contributed by atoms with Gasteiger partial charge in [-0.15, -0.1) is 0 Å². The zero-order chi connectivity index (χ0) is 14.2. The first-order valence-electron chi connectivity index (χ1n) is 7.25. The van der Waals surface area contributed by atoms with Crippen LogP contribution in [0.15, 0.2) is 12.1 Å². The third-order valence-corrected chi connectivity index (χ3v) is 4.64. The standard InChI is InChI=1S/C16H20O4/c1-19-13-10-12(9-11-5-8-20-14(11)13)16(15(17)18)6-3-2-4-7-16/h9-10H,2-8H2,1H3,(H,17,18). The Hall–Kier alpha value is -1.71. The Morgan fingerprint density at radius 1 is 1.30 bits per heavy atom. The summed E-state index contributed by atoms with van der Waals surface area (Å²) >= 11 is 0. The average molecular weight is 276 g/mol. The van der Waals surface area contributed by atoms with Crippen LogP contribution in [-0.4, -0.2) is 24.8 Å². The van der Waals surface area contributed by atoms with Crippen LogP contribution in [0, 0.1) is 0 Å². The van der Waals surface area contributed by atoms with E-state index in [0.29, 0.717) is 25.2 Å². The molecule has 0 spiro atoms. The Labute approximate surface area is 118 Å². The minimum Gasteiger partial charge on any atom is -0.493 e. The Morgan fingerprint density at radius 3 is 2.70 bits per heavy atom. The number of carboxylic acids is 1. The Balaban J connectivity index is 2.10. The number of hydrogen-bond acceptors (Lipinski definition) is 3. The van der Waals surface area contributed by atoms with Crippen molar-refractivity contribution >= 4 is 5.97 Å². The van der Waals surface area contributed by atoms with Crippen LogP contribution in [0.5, 0.6) is 11.5 Å². The molecule has 3 rings (SSSR count). The molecular formula is C16H20O4. The van der Waals surface area contributed by atoms with Gasteiger partial charge in [0.05, 0.1) is 19.1 Å². The molecule has 0 unspecified atom stereocenters. The second-order valence-electron chi connectivity index (χ2n) is 5.71. The highest BCUT2D eigenvalue weighted by atomic mass is 16.5. The number of rotatable bonds is 3. The average Bonchev–Trinajstić information content (AvgIpc) is 2.95. The van der Waals surface area contributed by atoms with Crippen molar-refractivity contribution in [1.82, 2.24) is 0 Å². The van der Waals surface area contributed by atoms with E-state index in [1.165, 1.54) is 0 Å². The van der Waals surface area contributed by atoms with Gasteiger partial charge in [0.2, 0.25) is 0 Å². The topological polar surface area (TPSA) is 55.8 Å². The summed E-state index contributed by atoms with van der Waals surface area (Å²) in [5.74, 6) is 0.743. The highest BCUT2D eigenvalue weighted by molar-refractivity contribution is 5.82. The molecule has 1 aromatic carbocycles. The number of methoxy groups -OCH3 is 1. The number of ether oxygens (including phenoxy) is 2. The summed E-state index contributed by atoms with van der Waals surface area (Å²) in [5.41, 5.74) is 1.21. The van der Waals surface area contributed by atoms with Gasteiger partial charge < -0.3 is 14.6 Å². The van der Waals surface area contributed by atoms with Gasteiger partial charge in [0, 0.05) is 12.0 Å². The summed E-state index contributed by atoms with van der Waals surface area (Å²) in [4.78, 5) is 11.9. The van der Waals surface area contributed by atoms with E-state index < -0.39 is 11.4 Å². The lowest BCUT2D eigenvalue weighted by molar-refractivity contribution is -0.145. The molecule has 1 aliphatic carbocycles. The van der Waals surface area contributed by atoms with Crippen LogP contribution in [-0.2, 0) is 16.6 Å². The lowest BCUT2D eigenvalue weighted by atomic mass is 9.69. The fourth-order valence-corrected chi connectivity index (χ4v) is 3.48. The van der Waals surface area contributed by atoms with Crippen LogP contribution < -0.4 is 9.47 Å². The largest absolute Gasteiger partial charge is 0.493 e. The van der Waals surface area contributed by atoms with Gasteiger partial charge in [0.25, 0.3) is 0 Å². The van der Waals surface area contributed by atoms with Crippen LogP contribution in [0.1, 0.15) is 43.2 Å². The Kier molecular flexibility index (Phi) is 3.32. The normalized spacial score (nSPS) is 20.1. The molecule has 0 aromatic heterocycles. The number of aliphatic carboxylic acids is 1. The van der Waals surface area contributed by atoms with Crippen molar-refractivity contribution in [2.45, 2.75) is 43.9 Å². The fourth-order valence-electron chi connectivity index (χ4n) is 3.48. The van der Waals surface area contributed by atoms with E-state index >= 15 is 0 Å². The predicted molar refractivity (Wildman–Crippen MR) is 74.6 cm³/mol. The van der Waals surface area contributed by atoms with E-state index in [9.17, 15) is 9.90 Å². The highest BCUT2D eigenvalue weighted by Gasteiger charge is 2.42. The molecule has 1 N–H and O–H groups in total. The molecule has 0 amide bonds. The van der Waals surface area contributed by atoms with Gasteiger partial charge >= 0.3 is 5.97 Å². The number of carboxylic acid groups (broad SMARTS) is 1. The van der Waals surface area contributed by atoms with E-state index in [2.05, 4.69) is 0 Å². The number of benzene rings is 1. The molecular weight excluding hydrogens is 256 g/mol. The summed E-state index contributed by atoms with van der Waals surface area (Å²) in [6.07, 6.45) is 5.33. The SMILES string of the molecule is COc1cc(C2(C(=O)O)CCCCC2)cc2c1OCC2. The van der Waals surface area contributed by atoms with Crippen molar-refractivity contribution in [1.29, 1.82) is 0 Å². The van der Waals surface area contributed by atoms with E-state index in [0.717, 1.165) is 42.6 Å². The smallest absolute Gasteiger partial charge is 0.314 e. The van der Waals surface area contributed by atoms with Crippen LogP contribution >= 0.6 is 0 Å². The maximum atomic E-state index is 11.9. The van der Waals surface area contributed by atoms with Crippen molar-refractivity contribution in [3.05, 3.63) is 23.3 Å². The van der Waals surface area contributed by atoms with E-state index in [1.54, 1.807) is 7.11 Å². The zero-order valence-electron chi connectivity index (χ0n) is 11.8. The zero-order valence-corrected chi connectivity index (χ0v) is 11.8. The first kappa shape index (κ1) is 13.3. The molecule has 0 atom stereocenters. The molecule has 4 nitrogen and oxygen atoms in total. The third-order valence-electron chi connectivity index (χ3n) is 4.64. The summed E-state index contributed by atoms with van der Waals surface area (Å²) in [5, 5.41) is 9.78.